The highest BCUT2D eigenvalue weighted by Gasteiger charge is 2.20. The predicted octanol–water partition coefficient (Wildman–Crippen LogP) is 2.16. The Bertz CT molecular complexity index is 484. The number of hydrogen-bond donors (Lipinski definition) is 0. The third-order valence-electron chi connectivity index (χ3n) is 2.49. The Morgan fingerprint density at radius 3 is 2.63 bits per heavy atom. The van der Waals surface area contributed by atoms with E-state index in [-0.39, 0.29) is 36.5 Å². The molecule has 0 unspecified atom stereocenters. The van der Waals surface area contributed by atoms with Crippen LogP contribution in [0.5, 0.6) is 0 Å². The summed E-state index contributed by atoms with van der Waals surface area (Å²) in [7, 11) is 0. The molecule has 0 saturated heterocycles. The van der Waals surface area contributed by atoms with E-state index in [0.29, 0.717) is 6.61 Å². The van der Waals surface area contributed by atoms with Crippen molar-refractivity contribution in [1.82, 2.24) is 0 Å². The summed E-state index contributed by atoms with van der Waals surface area (Å²) in [6.07, 6.45) is -0.196. The lowest BCUT2D eigenvalue weighted by Crippen LogP contribution is -2.12. The van der Waals surface area contributed by atoms with Crippen LogP contribution in [0.1, 0.15) is 30.1 Å². The summed E-state index contributed by atoms with van der Waals surface area (Å²) in [6, 6.07) is 5.62. The van der Waals surface area contributed by atoms with Gasteiger partial charge in [-0.3, -0.25) is 19.7 Å². The summed E-state index contributed by atoms with van der Waals surface area (Å²) < 4.78 is 5.01. The normalized spacial score (nSPS) is 10.2. The smallest absolute Gasteiger partial charge is 0.280 e. The molecule has 6 nitrogen and oxygen atoms in total. The van der Waals surface area contributed by atoms with Gasteiger partial charge in [0.2, 0.25) is 0 Å². The Balaban J connectivity index is 2.68. The van der Waals surface area contributed by atoms with Crippen molar-refractivity contribution in [2.75, 3.05) is 13.2 Å². The summed E-state index contributed by atoms with van der Waals surface area (Å²) in [5, 5.41) is 10.8. The minimum atomic E-state index is -0.627. The maximum absolute atomic E-state index is 11.8. The Labute approximate surface area is 110 Å². The van der Waals surface area contributed by atoms with Gasteiger partial charge in [0.1, 0.15) is 5.78 Å². The van der Waals surface area contributed by atoms with Gasteiger partial charge in [-0.25, -0.2) is 0 Å². The number of hydrogen-bond acceptors (Lipinski definition) is 5. The van der Waals surface area contributed by atoms with Gasteiger partial charge in [0.25, 0.3) is 5.69 Å². The molecule has 1 aromatic rings. The standard InChI is InChI=1S/C13H15NO5/c1-2-19-8-7-10(15)9-13(16)11-5-3-4-6-12(11)14(17)18/h3-6H,2,7-9H2,1H3. The molecule has 1 aromatic carbocycles. The highest BCUT2D eigenvalue weighted by atomic mass is 16.6. The van der Waals surface area contributed by atoms with Crippen molar-refractivity contribution in [1.29, 1.82) is 0 Å². The highest BCUT2D eigenvalue weighted by molar-refractivity contribution is 6.09. The molecule has 0 radical (unpaired) electrons. The van der Waals surface area contributed by atoms with Gasteiger partial charge in [0.05, 0.1) is 23.5 Å². The molecule has 0 saturated carbocycles. The van der Waals surface area contributed by atoms with Crippen molar-refractivity contribution in [3.63, 3.8) is 0 Å². The van der Waals surface area contributed by atoms with E-state index in [1.54, 1.807) is 0 Å². The van der Waals surface area contributed by atoms with Crippen LogP contribution in [-0.4, -0.2) is 29.7 Å². The van der Waals surface area contributed by atoms with E-state index in [0.717, 1.165) is 0 Å². The number of rotatable bonds is 8. The summed E-state index contributed by atoms with van der Waals surface area (Å²) in [5.41, 5.74) is -0.303. The molecule has 0 bridgehead atoms. The minimum absolute atomic E-state index is 0.0303. The molecular formula is C13H15NO5. The lowest BCUT2D eigenvalue weighted by molar-refractivity contribution is -0.385. The fourth-order valence-electron chi connectivity index (χ4n) is 1.56. The van der Waals surface area contributed by atoms with Crippen molar-refractivity contribution in [2.45, 2.75) is 19.8 Å². The first kappa shape index (κ1) is 15.0. The van der Waals surface area contributed by atoms with Crippen LogP contribution in [0.25, 0.3) is 0 Å². The molecular weight excluding hydrogens is 250 g/mol. The number of ether oxygens (including phenoxy) is 1. The van der Waals surface area contributed by atoms with Crippen molar-refractivity contribution in [3.05, 3.63) is 39.9 Å². The molecule has 0 heterocycles. The van der Waals surface area contributed by atoms with Crippen LogP contribution in [0, 0.1) is 10.1 Å². The largest absolute Gasteiger partial charge is 0.381 e. The van der Waals surface area contributed by atoms with E-state index in [2.05, 4.69) is 0 Å². The zero-order valence-electron chi connectivity index (χ0n) is 10.6. The van der Waals surface area contributed by atoms with E-state index in [1.165, 1.54) is 24.3 Å². The van der Waals surface area contributed by atoms with Crippen molar-refractivity contribution in [3.8, 4) is 0 Å². The summed E-state index contributed by atoms with van der Waals surface area (Å²) in [6.45, 7) is 2.58. The van der Waals surface area contributed by atoms with Gasteiger partial charge in [-0.1, -0.05) is 12.1 Å². The van der Waals surface area contributed by atoms with Crippen LogP contribution >= 0.6 is 0 Å². The molecule has 0 aliphatic rings. The van der Waals surface area contributed by atoms with E-state index in [4.69, 9.17) is 4.74 Å². The number of nitro benzene ring substituents is 1. The number of para-hydroxylation sites is 1. The first-order valence-corrected chi connectivity index (χ1v) is 5.92. The molecule has 0 aromatic heterocycles. The number of carbonyl (C=O) groups is 2. The number of ketones is 2. The Kier molecular flexibility index (Phi) is 5.81. The molecule has 0 aliphatic heterocycles. The van der Waals surface area contributed by atoms with Crippen LogP contribution in [0.15, 0.2) is 24.3 Å². The molecule has 0 atom stereocenters. The lowest BCUT2D eigenvalue weighted by Gasteiger charge is -2.02. The van der Waals surface area contributed by atoms with Crippen LogP contribution < -0.4 is 0 Å². The van der Waals surface area contributed by atoms with Crippen LogP contribution in [-0.2, 0) is 9.53 Å². The molecule has 1 rings (SSSR count). The lowest BCUT2D eigenvalue weighted by atomic mass is 10.0. The number of Topliss-reactive ketones (excluding diaryl/α,β-unsaturated/α-hetero) is 2. The van der Waals surface area contributed by atoms with E-state index in [1.807, 2.05) is 6.92 Å². The quantitative estimate of drug-likeness (QED) is 0.236. The van der Waals surface area contributed by atoms with E-state index in [9.17, 15) is 19.7 Å². The monoisotopic (exact) mass is 265 g/mol. The van der Waals surface area contributed by atoms with Gasteiger partial charge < -0.3 is 4.74 Å². The molecule has 0 N–H and O–H groups in total. The second-order valence-electron chi connectivity index (χ2n) is 3.86. The third-order valence-corrected chi connectivity index (χ3v) is 2.49. The van der Waals surface area contributed by atoms with E-state index < -0.39 is 10.7 Å². The number of nitrogens with zero attached hydrogens (tertiary/aromatic N) is 1. The van der Waals surface area contributed by atoms with Crippen LogP contribution in [0.3, 0.4) is 0 Å². The number of nitro groups is 1. The SMILES string of the molecule is CCOCCC(=O)CC(=O)c1ccccc1[N+](=O)[O-]. The summed E-state index contributed by atoms with van der Waals surface area (Å²) >= 11 is 0. The highest BCUT2D eigenvalue weighted by Crippen LogP contribution is 2.19. The molecule has 0 aliphatic carbocycles. The second-order valence-corrected chi connectivity index (χ2v) is 3.86. The maximum atomic E-state index is 11.8. The molecule has 0 amide bonds. The van der Waals surface area contributed by atoms with Gasteiger partial charge in [-0.2, -0.15) is 0 Å². The number of benzene rings is 1. The average Bonchev–Trinajstić information content (AvgIpc) is 2.39. The maximum Gasteiger partial charge on any atom is 0.280 e. The van der Waals surface area contributed by atoms with Crippen molar-refractivity contribution < 1.29 is 19.2 Å². The first-order valence-electron chi connectivity index (χ1n) is 5.92. The van der Waals surface area contributed by atoms with Gasteiger partial charge in [-0.15, -0.1) is 0 Å². The summed E-state index contributed by atoms with van der Waals surface area (Å²) in [5.74, 6) is -0.814. The minimum Gasteiger partial charge on any atom is -0.381 e. The Hall–Kier alpha value is -2.08. The molecule has 6 heteroatoms. The number of carbonyl (C=O) groups excluding carboxylic acids is 2. The van der Waals surface area contributed by atoms with Crippen LogP contribution in [0.4, 0.5) is 5.69 Å². The summed E-state index contributed by atoms with van der Waals surface area (Å²) in [4.78, 5) is 33.5. The molecule has 0 fully saturated rings. The zero-order valence-corrected chi connectivity index (χ0v) is 10.6. The average molecular weight is 265 g/mol. The van der Waals surface area contributed by atoms with Crippen molar-refractivity contribution >= 4 is 17.3 Å². The molecule has 0 spiro atoms. The Morgan fingerprint density at radius 1 is 1.32 bits per heavy atom. The predicted molar refractivity (Wildman–Crippen MR) is 68.2 cm³/mol. The van der Waals surface area contributed by atoms with Crippen LogP contribution in [0.2, 0.25) is 0 Å². The first-order chi connectivity index (χ1) is 9.06. The fourth-order valence-corrected chi connectivity index (χ4v) is 1.56. The Morgan fingerprint density at radius 2 is 2.00 bits per heavy atom. The zero-order chi connectivity index (χ0) is 14.3. The third kappa shape index (κ3) is 4.59. The van der Waals surface area contributed by atoms with Gasteiger partial charge in [0, 0.05) is 19.1 Å². The van der Waals surface area contributed by atoms with Crippen molar-refractivity contribution in [2.24, 2.45) is 0 Å². The van der Waals surface area contributed by atoms with E-state index >= 15 is 0 Å². The fraction of sp³-hybridized carbons (Fsp3) is 0.385. The van der Waals surface area contributed by atoms with Gasteiger partial charge >= 0.3 is 0 Å². The second kappa shape index (κ2) is 7.38. The van der Waals surface area contributed by atoms with Gasteiger partial charge in [-0.05, 0) is 13.0 Å². The molecule has 19 heavy (non-hydrogen) atoms. The topological polar surface area (TPSA) is 86.5 Å². The molecule has 102 valence electrons. The van der Waals surface area contributed by atoms with Gasteiger partial charge in [0.15, 0.2) is 5.78 Å².